The smallest absolute Gasteiger partial charge is 0.166 e. The van der Waals surface area contributed by atoms with Crippen LogP contribution in [0.4, 0.5) is 4.39 Å². The van der Waals surface area contributed by atoms with Gasteiger partial charge in [-0.25, -0.2) is 4.39 Å². The minimum atomic E-state index is -0.342. The van der Waals surface area contributed by atoms with E-state index in [0.29, 0.717) is 21.9 Å². The van der Waals surface area contributed by atoms with E-state index in [2.05, 4.69) is 15.9 Å². The number of hydrogen-bond donors (Lipinski definition) is 0. The Morgan fingerprint density at radius 2 is 2.31 bits per heavy atom. The van der Waals surface area contributed by atoms with Gasteiger partial charge in [-0.1, -0.05) is 11.6 Å². The van der Waals surface area contributed by atoms with Crippen molar-refractivity contribution in [2.45, 2.75) is 12.8 Å². The molecule has 0 radical (unpaired) electrons. The highest BCUT2D eigenvalue weighted by Gasteiger charge is 2.20. The molecule has 1 aliphatic heterocycles. The van der Waals surface area contributed by atoms with Crippen molar-refractivity contribution in [3.63, 3.8) is 0 Å². The van der Waals surface area contributed by atoms with Crippen LogP contribution in [0.1, 0.15) is 12.0 Å². The van der Waals surface area contributed by atoms with Crippen LogP contribution in [0.3, 0.4) is 0 Å². The molecule has 0 fully saturated rings. The molecule has 1 heterocycles. The van der Waals surface area contributed by atoms with Crippen LogP contribution in [0.2, 0.25) is 5.02 Å². The van der Waals surface area contributed by atoms with Gasteiger partial charge in [0, 0.05) is 10.0 Å². The van der Waals surface area contributed by atoms with Crippen LogP contribution in [0, 0.1) is 5.82 Å². The van der Waals surface area contributed by atoms with E-state index in [0.717, 1.165) is 18.4 Å². The fraction of sp³-hybridized carbons (Fsp3) is 0.333. The molecule has 0 aromatic heterocycles. The third-order valence-corrected chi connectivity index (χ3v) is 3.32. The largest absolute Gasteiger partial charge is 0.490 e. The number of ether oxygens (including phenoxy) is 1. The summed E-state index contributed by atoms with van der Waals surface area (Å²) in [6.07, 6.45) is 1.67. The zero-order valence-corrected chi connectivity index (χ0v) is 9.08. The van der Waals surface area contributed by atoms with E-state index < -0.39 is 0 Å². The quantitative estimate of drug-likeness (QED) is 0.652. The third kappa shape index (κ3) is 1.55. The summed E-state index contributed by atoms with van der Waals surface area (Å²) < 4.78 is 19.1. The highest BCUT2D eigenvalue weighted by Crippen LogP contribution is 2.38. The molecule has 4 heteroatoms. The molecule has 0 atom stereocenters. The summed E-state index contributed by atoms with van der Waals surface area (Å²) in [4.78, 5) is 0. The Morgan fingerprint density at radius 1 is 1.54 bits per heavy atom. The van der Waals surface area contributed by atoms with E-state index in [-0.39, 0.29) is 5.82 Å². The fourth-order valence-electron chi connectivity index (χ4n) is 1.43. The lowest BCUT2D eigenvalue weighted by Gasteiger charge is -2.19. The Kier molecular flexibility index (Phi) is 2.47. The minimum Gasteiger partial charge on any atom is -0.490 e. The van der Waals surface area contributed by atoms with Gasteiger partial charge in [0.1, 0.15) is 0 Å². The highest BCUT2D eigenvalue weighted by molar-refractivity contribution is 9.10. The number of benzene rings is 1. The second-order valence-corrected chi connectivity index (χ2v) is 4.15. The maximum atomic E-state index is 13.3. The van der Waals surface area contributed by atoms with Crippen molar-refractivity contribution >= 4 is 27.5 Å². The second kappa shape index (κ2) is 3.46. The van der Waals surface area contributed by atoms with Crippen molar-refractivity contribution in [1.82, 2.24) is 0 Å². The molecule has 0 saturated carbocycles. The summed E-state index contributed by atoms with van der Waals surface area (Å²) in [6, 6.07) is 1.34. The molecular formula is C9H7BrClFO. The molecule has 0 aliphatic carbocycles. The predicted octanol–water partition coefficient (Wildman–Crippen LogP) is 3.57. The van der Waals surface area contributed by atoms with Crippen LogP contribution in [-0.2, 0) is 6.42 Å². The van der Waals surface area contributed by atoms with E-state index in [9.17, 15) is 4.39 Å². The first-order valence-corrected chi connectivity index (χ1v) is 5.16. The third-order valence-electron chi connectivity index (χ3n) is 2.04. The maximum Gasteiger partial charge on any atom is 0.166 e. The van der Waals surface area contributed by atoms with E-state index in [4.69, 9.17) is 16.3 Å². The van der Waals surface area contributed by atoms with Crippen LogP contribution in [-0.4, -0.2) is 6.61 Å². The van der Waals surface area contributed by atoms with E-state index in [1.165, 1.54) is 6.07 Å². The van der Waals surface area contributed by atoms with Gasteiger partial charge in [-0.3, -0.25) is 0 Å². The van der Waals surface area contributed by atoms with Gasteiger partial charge in [0.2, 0.25) is 0 Å². The first-order chi connectivity index (χ1) is 6.20. The fourth-order valence-corrected chi connectivity index (χ4v) is 2.11. The predicted molar refractivity (Wildman–Crippen MR) is 52.9 cm³/mol. The number of fused-ring (bicyclic) bond motifs is 1. The van der Waals surface area contributed by atoms with Crippen LogP contribution in [0.15, 0.2) is 10.5 Å². The lowest BCUT2D eigenvalue weighted by molar-refractivity contribution is 0.273. The van der Waals surface area contributed by atoms with Crippen LogP contribution in [0.25, 0.3) is 0 Å². The van der Waals surface area contributed by atoms with Gasteiger partial charge in [-0.15, -0.1) is 0 Å². The van der Waals surface area contributed by atoms with E-state index >= 15 is 0 Å². The molecular weight excluding hydrogens is 258 g/mol. The SMILES string of the molecule is Fc1cc(Br)c(Cl)c2c1OCCC2. The van der Waals surface area contributed by atoms with Crippen LogP contribution in [0.5, 0.6) is 5.75 Å². The molecule has 0 unspecified atom stereocenters. The zero-order chi connectivity index (χ0) is 9.42. The summed E-state index contributed by atoms with van der Waals surface area (Å²) in [5.74, 6) is -0.0228. The molecule has 13 heavy (non-hydrogen) atoms. The Morgan fingerprint density at radius 3 is 3.08 bits per heavy atom. The lowest BCUT2D eigenvalue weighted by atomic mass is 10.1. The second-order valence-electron chi connectivity index (χ2n) is 2.91. The van der Waals surface area contributed by atoms with Gasteiger partial charge in [0.05, 0.1) is 11.6 Å². The molecule has 0 spiro atoms. The van der Waals surface area contributed by atoms with E-state index in [1.807, 2.05) is 0 Å². The van der Waals surface area contributed by atoms with Gasteiger partial charge in [-0.2, -0.15) is 0 Å². The first kappa shape index (κ1) is 9.28. The Balaban J connectivity index is 2.63. The molecule has 0 amide bonds. The van der Waals surface area contributed by atoms with Gasteiger partial charge in [-0.05, 0) is 34.8 Å². The zero-order valence-electron chi connectivity index (χ0n) is 6.74. The van der Waals surface area contributed by atoms with Crippen molar-refractivity contribution < 1.29 is 9.13 Å². The molecule has 1 aromatic carbocycles. The summed E-state index contributed by atoms with van der Waals surface area (Å²) in [7, 11) is 0. The summed E-state index contributed by atoms with van der Waals surface area (Å²) in [5, 5.41) is 0.566. The summed E-state index contributed by atoms with van der Waals surface area (Å²) in [5.41, 5.74) is 0.778. The topological polar surface area (TPSA) is 9.23 Å². The number of halogens is 3. The molecule has 0 bridgehead atoms. The Bertz CT molecular complexity index is 354. The number of rotatable bonds is 0. The minimum absolute atomic E-state index is 0.319. The molecule has 0 N–H and O–H groups in total. The molecule has 2 rings (SSSR count). The van der Waals surface area contributed by atoms with Crippen molar-refractivity contribution in [2.24, 2.45) is 0 Å². The van der Waals surface area contributed by atoms with Crippen molar-refractivity contribution in [1.29, 1.82) is 0 Å². The summed E-state index contributed by atoms with van der Waals surface area (Å²) >= 11 is 9.19. The lowest BCUT2D eigenvalue weighted by Crippen LogP contribution is -2.10. The van der Waals surface area contributed by atoms with Crippen LogP contribution < -0.4 is 4.74 Å². The van der Waals surface area contributed by atoms with Gasteiger partial charge >= 0.3 is 0 Å². The number of hydrogen-bond acceptors (Lipinski definition) is 1. The van der Waals surface area contributed by atoms with Gasteiger partial charge in [0.15, 0.2) is 11.6 Å². The van der Waals surface area contributed by atoms with Crippen LogP contribution >= 0.6 is 27.5 Å². The molecule has 1 nitrogen and oxygen atoms in total. The normalized spacial score (nSPS) is 15.0. The van der Waals surface area contributed by atoms with Crippen molar-refractivity contribution in [3.8, 4) is 5.75 Å². The monoisotopic (exact) mass is 264 g/mol. The molecule has 1 aromatic rings. The van der Waals surface area contributed by atoms with Gasteiger partial charge < -0.3 is 4.74 Å². The van der Waals surface area contributed by atoms with E-state index in [1.54, 1.807) is 0 Å². The van der Waals surface area contributed by atoms with Crippen molar-refractivity contribution in [3.05, 3.63) is 26.9 Å². The first-order valence-electron chi connectivity index (χ1n) is 3.99. The van der Waals surface area contributed by atoms with Crippen molar-refractivity contribution in [2.75, 3.05) is 6.61 Å². The summed E-state index contributed by atoms with van der Waals surface area (Å²) in [6.45, 7) is 0.571. The molecule has 1 aliphatic rings. The maximum absolute atomic E-state index is 13.3. The molecule has 0 saturated heterocycles. The average molecular weight is 266 g/mol. The standard InChI is InChI=1S/C9H7BrClFO/c10-6-4-7(12)9-5(8(6)11)2-1-3-13-9/h4H,1-3H2. The average Bonchev–Trinajstić information content (AvgIpc) is 2.15. The molecule has 70 valence electrons. The Hall–Kier alpha value is -0.280. The Labute approximate surface area is 89.0 Å². The highest BCUT2D eigenvalue weighted by atomic mass is 79.9. The van der Waals surface area contributed by atoms with Gasteiger partial charge in [0.25, 0.3) is 0 Å².